The molecule has 0 N–H and O–H groups in total. The third-order valence-corrected chi connectivity index (χ3v) is 6.16. The number of carbonyl (C=O) groups excluding carboxylic acids is 1. The van der Waals surface area contributed by atoms with Crippen LogP contribution >= 0.6 is 11.6 Å². The number of benzene rings is 3. The van der Waals surface area contributed by atoms with Crippen molar-refractivity contribution in [1.82, 2.24) is 9.80 Å². The van der Waals surface area contributed by atoms with E-state index in [4.69, 9.17) is 26.1 Å². The van der Waals surface area contributed by atoms with Crippen LogP contribution in [0.15, 0.2) is 65.7 Å². The Balaban J connectivity index is 1.44. The summed E-state index contributed by atoms with van der Waals surface area (Å²) in [4.78, 5) is 22.0. The van der Waals surface area contributed by atoms with Gasteiger partial charge in [-0.25, -0.2) is 4.99 Å². The van der Waals surface area contributed by atoms with Gasteiger partial charge in [0.1, 0.15) is 23.0 Å². The Morgan fingerprint density at radius 1 is 1.00 bits per heavy atom. The van der Waals surface area contributed by atoms with Gasteiger partial charge in [-0.1, -0.05) is 23.7 Å². The van der Waals surface area contributed by atoms with E-state index in [-0.39, 0.29) is 5.91 Å². The molecule has 0 unspecified atom stereocenters. The Labute approximate surface area is 198 Å². The number of nitrogens with zero attached hydrogens (tertiary/aromatic N) is 3. The lowest BCUT2D eigenvalue weighted by atomic mass is 10.1. The monoisotopic (exact) mass is 461 g/mol. The smallest absolute Gasteiger partial charge is 0.254 e. The third-order valence-electron chi connectivity index (χ3n) is 5.93. The number of hydrogen-bond donors (Lipinski definition) is 0. The molecule has 0 aromatic heterocycles. The van der Waals surface area contributed by atoms with Gasteiger partial charge in [0.05, 0.1) is 12.7 Å². The molecule has 1 saturated heterocycles. The van der Waals surface area contributed by atoms with E-state index in [1.807, 2.05) is 48.2 Å². The molecule has 0 bridgehead atoms. The predicted octanol–water partition coefficient (Wildman–Crippen LogP) is 5.30. The molecule has 5 rings (SSSR count). The van der Waals surface area contributed by atoms with Crippen molar-refractivity contribution in [2.75, 3.05) is 33.3 Å². The fourth-order valence-corrected chi connectivity index (χ4v) is 4.34. The Bertz CT molecular complexity index is 1250. The van der Waals surface area contributed by atoms with Gasteiger partial charge >= 0.3 is 0 Å². The molecule has 0 atom stereocenters. The van der Waals surface area contributed by atoms with Gasteiger partial charge in [-0.05, 0) is 61.0 Å². The largest absolute Gasteiger partial charge is 0.497 e. The summed E-state index contributed by atoms with van der Waals surface area (Å²) < 4.78 is 11.7. The van der Waals surface area contributed by atoms with Gasteiger partial charge in [-0.2, -0.15) is 0 Å². The molecule has 7 heteroatoms. The minimum atomic E-state index is -0.00817. The van der Waals surface area contributed by atoms with Gasteiger partial charge in [0.25, 0.3) is 5.91 Å². The maximum Gasteiger partial charge on any atom is 0.254 e. The molecule has 3 aromatic carbocycles. The summed E-state index contributed by atoms with van der Waals surface area (Å²) >= 11 is 6.07. The highest BCUT2D eigenvalue weighted by Gasteiger charge is 2.28. The molecule has 2 heterocycles. The highest BCUT2D eigenvalue weighted by molar-refractivity contribution is 6.31. The van der Waals surface area contributed by atoms with E-state index < -0.39 is 0 Å². The number of halogens is 1. The van der Waals surface area contributed by atoms with Crippen LogP contribution in [-0.4, -0.2) is 54.8 Å². The normalized spacial score (nSPS) is 15.1. The van der Waals surface area contributed by atoms with Crippen molar-refractivity contribution in [3.63, 3.8) is 0 Å². The van der Waals surface area contributed by atoms with Crippen molar-refractivity contribution in [3.8, 4) is 17.2 Å². The summed E-state index contributed by atoms with van der Waals surface area (Å²) in [6, 6.07) is 18.9. The Hall–Kier alpha value is -3.51. The number of amides is 1. The van der Waals surface area contributed by atoms with Gasteiger partial charge in [0.15, 0.2) is 5.75 Å². The van der Waals surface area contributed by atoms with Gasteiger partial charge in [-0.15, -0.1) is 0 Å². The van der Waals surface area contributed by atoms with Crippen LogP contribution in [0.4, 0.5) is 5.69 Å². The maximum atomic E-state index is 12.9. The molecule has 33 heavy (non-hydrogen) atoms. The van der Waals surface area contributed by atoms with Gasteiger partial charge in [0.2, 0.25) is 0 Å². The number of aliphatic imine (C=N–C) groups is 1. The van der Waals surface area contributed by atoms with Crippen LogP contribution < -0.4 is 9.47 Å². The summed E-state index contributed by atoms with van der Waals surface area (Å²) in [5.41, 5.74) is 3.37. The zero-order valence-electron chi connectivity index (χ0n) is 18.5. The summed E-state index contributed by atoms with van der Waals surface area (Å²) in [7, 11) is 1.65. The molecule has 2 aliphatic rings. The van der Waals surface area contributed by atoms with Crippen molar-refractivity contribution < 1.29 is 14.3 Å². The molecule has 0 spiro atoms. The zero-order chi connectivity index (χ0) is 22.9. The number of hydrogen-bond acceptors (Lipinski definition) is 5. The third kappa shape index (κ3) is 4.26. The Morgan fingerprint density at radius 2 is 1.82 bits per heavy atom. The highest BCUT2D eigenvalue weighted by atomic mass is 35.5. The minimum Gasteiger partial charge on any atom is -0.497 e. The molecular formula is C26H24ClN3O3. The van der Waals surface area contributed by atoms with Crippen molar-refractivity contribution in [2.45, 2.75) is 6.92 Å². The lowest BCUT2D eigenvalue weighted by Gasteiger charge is -2.36. The number of piperazine rings is 1. The van der Waals surface area contributed by atoms with E-state index in [2.05, 4.69) is 4.90 Å². The van der Waals surface area contributed by atoms with Crippen LogP contribution in [0.1, 0.15) is 21.5 Å². The first-order valence-corrected chi connectivity index (χ1v) is 11.2. The van der Waals surface area contributed by atoms with E-state index in [1.165, 1.54) is 0 Å². The quantitative estimate of drug-likeness (QED) is 0.519. The molecule has 1 fully saturated rings. The van der Waals surface area contributed by atoms with E-state index in [9.17, 15) is 4.79 Å². The standard InChI is InChI=1S/C26H24ClN3O3/c1-17-6-8-22-24(14-17)33-23-9-7-20(32-2)16-21(23)25(28-22)29-10-12-30(13-11-29)26(31)18-4-3-5-19(27)15-18/h3-9,14-16H,10-13H2,1-2H3. The maximum absolute atomic E-state index is 12.9. The van der Waals surface area contributed by atoms with E-state index >= 15 is 0 Å². The molecule has 1 amide bonds. The number of rotatable bonds is 2. The Morgan fingerprint density at radius 3 is 2.58 bits per heavy atom. The lowest BCUT2D eigenvalue weighted by molar-refractivity contribution is 0.0692. The van der Waals surface area contributed by atoms with Gasteiger partial charge < -0.3 is 19.3 Å². The first kappa shape index (κ1) is 21.3. The number of ether oxygens (including phenoxy) is 2. The van der Waals surface area contributed by atoms with Crippen LogP contribution in [0.5, 0.6) is 17.2 Å². The van der Waals surface area contributed by atoms with E-state index in [1.54, 1.807) is 31.4 Å². The fourth-order valence-electron chi connectivity index (χ4n) is 4.15. The summed E-state index contributed by atoms with van der Waals surface area (Å²) in [6.07, 6.45) is 0. The molecular weight excluding hydrogens is 438 g/mol. The minimum absolute atomic E-state index is 0.00817. The predicted molar refractivity (Wildman–Crippen MR) is 129 cm³/mol. The second-order valence-corrected chi connectivity index (χ2v) is 8.60. The topological polar surface area (TPSA) is 54.4 Å². The van der Waals surface area contributed by atoms with Crippen LogP contribution in [0.3, 0.4) is 0 Å². The number of methoxy groups -OCH3 is 1. The van der Waals surface area contributed by atoms with Gasteiger partial charge in [0, 0.05) is 36.8 Å². The summed E-state index contributed by atoms with van der Waals surface area (Å²) in [5, 5.41) is 0.562. The molecule has 0 radical (unpaired) electrons. The average molecular weight is 462 g/mol. The second-order valence-electron chi connectivity index (χ2n) is 8.16. The SMILES string of the molecule is COc1ccc2c(c1)C(N1CCN(C(=O)c3cccc(Cl)c3)CC1)=Nc1ccc(C)cc1O2. The average Bonchev–Trinajstić information content (AvgIpc) is 2.99. The van der Waals surface area contributed by atoms with Crippen molar-refractivity contribution >= 4 is 29.0 Å². The van der Waals surface area contributed by atoms with Crippen molar-refractivity contribution in [1.29, 1.82) is 0 Å². The fraction of sp³-hybridized carbons (Fsp3) is 0.231. The molecule has 3 aromatic rings. The van der Waals surface area contributed by atoms with Gasteiger partial charge in [-0.3, -0.25) is 4.79 Å². The van der Waals surface area contributed by atoms with E-state index in [0.717, 1.165) is 39.9 Å². The summed E-state index contributed by atoms with van der Waals surface area (Å²) in [6.45, 7) is 4.52. The van der Waals surface area contributed by atoms with Crippen LogP contribution in [-0.2, 0) is 0 Å². The first-order valence-electron chi connectivity index (χ1n) is 10.9. The molecule has 0 saturated carbocycles. The Kier molecular flexibility index (Phi) is 5.68. The molecule has 2 aliphatic heterocycles. The number of carbonyl (C=O) groups is 1. The van der Waals surface area contributed by atoms with Crippen LogP contribution in [0, 0.1) is 6.92 Å². The van der Waals surface area contributed by atoms with Crippen molar-refractivity contribution in [3.05, 3.63) is 82.4 Å². The first-order chi connectivity index (χ1) is 16.0. The van der Waals surface area contributed by atoms with Crippen LogP contribution in [0.2, 0.25) is 5.02 Å². The highest BCUT2D eigenvalue weighted by Crippen LogP contribution is 2.40. The van der Waals surface area contributed by atoms with Crippen molar-refractivity contribution in [2.24, 2.45) is 4.99 Å². The van der Waals surface area contributed by atoms with E-state index in [0.29, 0.717) is 36.8 Å². The number of fused-ring (bicyclic) bond motifs is 2. The number of amidine groups is 1. The van der Waals surface area contributed by atoms with Crippen LogP contribution in [0.25, 0.3) is 0 Å². The zero-order valence-corrected chi connectivity index (χ0v) is 19.3. The molecule has 6 nitrogen and oxygen atoms in total. The second kappa shape index (κ2) is 8.79. The lowest BCUT2D eigenvalue weighted by Crippen LogP contribution is -2.50. The summed E-state index contributed by atoms with van der Waals surface area (Å²) in [5.74, 6) is 3.01. The molecule has 0 aliphatic carbocycles. The number of aryl methyl sites for hydroxylation is 1. The molecule has 168 valence electrons.